The van der Waals surface area contributed by atoms with Gasteiger partial charge in [-0.3, -0.25) is 9.59 Å². The molecule has 0 atom stereocenters. The summed E-state index contributed by atoms with van der Waals surface area (Å²) < 4.78 is 0. The molecule has 1 aliphatic carbocycles. The molecule has 1 saturated carbocycles. The van der Waals surface area contributed by atoms with E-state index < -0.39 is 5.41 Å². The first-order valence-electron chi connectivity index (χ1n) is 7.35. The molecule has 2 amide bonds. The molecule has 2 rings (SSSR count). The second-order valence-electron chi connectivity index (χ2n) is 5.37. The summed E-state index contributed by atoms with van der Waals surface area (Å²) in [6, 6.07) is 7.32. The van der Waals surface area contributed by atoms with Crippen LogP contribution in [0.2, 0.25) is 5.02 Å². The van der Waals surface area contributed by atoms with Crippen LogP contribution >= 0.6 is 11.6 Å². The van der Waals surface area contributed by atoms with Gasteiger partial charge in [-0.15, -0.1) is 0 Å². The van der Waals surface area contributed by atoms with Crippen LogP contribution in [0, 0.1) is 5.41 Å². The van der Waals surface area contributed by atoms with E-state index in [0.29, 0.717) is 37.5 Å². The Hall–Kier alpha value is -1.55. The van der Waals surface area contributed by atoms with E-state index in [-0.39, 0.29) is 11.8 Å². The van der Waals surface area contributed by atoms with Crippen molar-refractivity contribution in [3.63, 3.8) is 0 Å². The topological polar surface area (TPSA) is 49.4 Å². The van der Waals surface area contributed by atoms with Gasteiger partial charge in [0.1, 0.15) is 5.41 Å². The lowest BCUT2D eigenvalue weighted by molar-refractivity contribution is -0.144. The molecule has 4 nitrogen and oxygen atoms in total. The summed E-state index contributed by atoms with van der Waals surface area (Å²) in [5.41, 5.74) is 0.150. The van der Waals surface area contributed by atoms with Crippen molar-refractivity contribution < 1.29 is 9.59 Å². The number of hydrogen-bond donors (Lipinski definition) is 1. The third kappa shape index (κ3) is 3.38. The summed E-state index contributed by atoms with van der Waals surface area (Å²) in [7, 11) is 0. The molecule has 0 heterocycles. The van der Waals surface area contributed by atoms with E-state index in [1.54, 1.807) is 17.0 Å². The number of carbonyl (C=O) groups excluding carboxylic acids is 2. The first-order chi connectivity index (χ1) is 10.0. The normalized spacial score (nSPS) is 15.4. The molecule has 5 heteroatoms. The number of carbonyl (C=O) groups is 2. The summed E-state index contributed by atoms with van der Waals surface area (Å²) in [6.07, 6.45) is 1.30. The van der Waals surface area contributed by atoms with Crippen LogP contribution in [0.1, 0.15) is 32.3 Å². The monoisotopic (exact) mass is 308 g/mol. The minimum absolute atomic E-state index is 0.0406. The quantitative estimate of drug-likeness (QED) is 0.821. The van der Waals surface area contributed by atoms with Crippen molar-refractivity contribution in [3.8, 4) is 0 Å². The van der Waals surface area contributed by atoms with Gasteiger partial charge in [-0.1, -0.05) is 23.7 Å². The molecule has 0 aromatic heterocycles. The molecule has 1 fully saturated rings. The summed E-state index contributed by atoms with van der Waals surface area (Å²) in [6.45, 7) is 5.57. The van der Waals surface area contributed by atoms with E-state index in [1.165, 1.54) is 0 Å². The van der Waals surface area contributed by atoms with Gasteiger partial charge >= 0.3 is 0 Å². The molecule has 0 radical (unpaired) electrons. The van der Waals surface area contributed by atoms with Crippen molar-refractivity contribution in [1.29, 1.82) is 0 Å². The first-order valence-corrected chi connectivity index (χ1v) is 7.73. The summed E-state index contributed by atoms with van der Waals surface area (Å²) in [4.78, 5) is 26.5. The average molecular weight is 309 g/mol. The van der Waals surface area contributed by atoms with Gasteiger partial charge in [0.15, 0.2) is 0 Å². The lowest BCUT2D eigenvalue weighted by Crippen LogP contribution is -2.45. The van der Waals surface area contributed by atoms with Crippen LogP contribution in [0.4, 0.5) is 0 Å². The van der Waals surface area contributed by atoms with Crippen molar-refractivity contribution in [3.05, 3.63) is 34.9 Å². The zero-order valence-electron chi connectivity index (χ0n) is 12.5. The predicted octanol–water partition coefficient (Wildman–Crippen LogP) is 2.60. The average Bonchev–Trinajstić information content (AvgIpc) is 3.29. The lowest BCUT2D eigenvalue weighted by atomic mass is 10.0. The zero-order valence-corrected chi connectivity index (χ0v) is 13.2. The van der Waals surface area contributed by atoms with Crippen LogP contribution in [0.5, 0.6) is 0 Å². The van der Waals surface area contributed by atoms with Crippen LogP contribution < -0.4 is 5.32 Å². The van der Waals surface area contributed by atoms with Gasteiger partial charge in [0.05, 0.1) is 0 Å². The number of halogens is 1. The zero-order chi connectivity index (χ0) is 15.5. The highest BCUT2D eigenvalue weighted by Crippen LogP contribution is 2.47. The highest BCUT2D eigenvalue weighted by atomic mass is 35.5. The minimum Gasteiger partial charge on any atom is -0.351 e. The molecular weight excluding hydrogens is 288 g/mol. The first kappa shape index (κ1) is 15.8. The van der Waals surface area contributed by atoms with Crippen molar-refractivity contribution in [1.82, 2.24) is 10.2 Å². The molecule has 114 valence electrons. The molecule has 0 bridgehead atoms. The van der Waals surface area contributed by atoms with Crippen molar-refractivity contribution in [2.45, 2.75) is 33.2 Å². The SMILES string of the molecule is CCN(CC)C(=O)C1(C(=O)NCc2ccc(Cl)cc2)CC1. The highest BCUT2D eigenvalue weighted by molar-refractivity contribution is 6.30. The molecule has 0 saturated heterocycles. The fraction of sp³-hybridized carbons (Fsp3) is 0.500. The maximum Gasteiger partial charge on any atom is 0.238 e. The lowest BCUT2D eigenvalue weighted by Gasteiger charge is -2.24. The number of nitrogens with zero attached hydrogens (tertiary/aromatic N) is 1. The molecule has 0 spiro atoms. The molecule has 1 aromatic carbocycles. The van der Waals surface area contributed by atoms with Gasteiger partial charge in [0, 0.05) is 24.7 Å². The second-order valence-corrected chi connectivity index (χ2v) is 5.81. The van der Waals surface area contributed by atoms with Gasteiger partial charge in [0.2, 0.25) is 11.8 Å². The smallest absolute Gasteiger partial charge is 0.238 e. The van der Waals surface area contributed by atoms with E-state index in [1.807, 2.05) is 26.0 Å². The summed E-state index contributed by atoms with van der Waals surface area (Å²) in [5.74, 6) is -0.199. The van der Waals surface area contributed by atoms with Gasteiger partial charge in [0.25, 0.3) is 0 Å². The van der Waals surface area contributed by atoms with Gasteiger partial charge in [-0.2, -0.15) is 0 Å². The maximum absolute atomic E-state index is 12.4. The van der Waals surface area contributed by atoms with Crippen molar-refractivity contribution >= 4 is 23.4 Å². The molecule has 0 aliphatic heterocycles. The minimum atomic E-state index is -0.821. The fourth-order valence-corrected chi connectivity index (χ4v) is 2.56. The molecule has 0 unspecified atom stereocenters. The Morgan fingerprint density at radius 3 is 2.24 bits per heavy atom. The maximum atomic E-state index is 12.4. The Balaban J connectivity index is 1.96. The molecule has 1 aromatic rings. The van der Waals surface area contributed by atoms with Crippen LogP contribution in [0.15, 0.2) is 24.3 Å². The molecule has 1 N–H and O–H groups in total. The standard InChI is InChI=1S/C16H21ClN2O2/c1-3-19(4-2)15(21)16(9-10-16)14(20)18-11-12-5-7-13(17)8-6-12/h5-8H,3-4,9-11H2,1-2H3,(H,18,20). The van der Waals surface area contributed by atoms with Crippen LogP contribution in [0.3, 0.4) is 0 Å². The number of benzene rings is 1. The predicted molar refractivity (Wildman–Crippen MR) is 82.9 cm³/mol. The largest absolute Gasteiger partial charge is 0.351 e. The van der Waals surface area contributed by atoms with Gasteiger partial charge < -0.3 is 10.2 Å². The van der Waals surface area contributed by atoms with Crippen LogP contribution in [-0.2, 0) is 16.1 Å². The van der Waals surface area contributed by atoms with Crippen LogP contribution in [-0.4, -0.2) is 29.8 Å². The van der Waals surface area contributed by atoms with E-state index in [0.717, 1.165) is 5.56 Å². The number of amides is 2. The Morgan fingerprint density at radius 2 is 1.76 bits per heavy atom. The van der Waals surface area contributed by atoms with Gasteiger partial charge in [-0.05, 0) is 44.4 Å². The third-order valence-corrected chi connectivity index (χ3v) is 4.26. The van der Waals surface area contributed by atoms with Crippen molar-refractivity contribution in [2.75, 3.05) is 13.1 Å². The molecule has 21 heavy (non-hydrogen) atoms. The van der Waals surface area contributed by atoms with E-state index >= 15 is 0 Å². The molecule has 1 aliphatic rings. The number of rotatable bonds is 6. The number of hydrogen-bond acceptors (Lipinski definition) is 2. The second kappa shape index (κ2) is 6.48. The Bertz CT molecular complexity index is 520. The van der Waals surface area contributed by atoms with Gasteiger partial charge in [-0.25, -0.2) is 0 Å². The Morgan fingerprint density at radius 1 is 1.19 bits per heavy atom. The number of nitrogens with one attached hydrogen (secondary N) is 1. The Labute approximate surface area is 130 Å². The highest BCUT2D eigenvalue weighted by Gasteiger charge is 2.57. The van der Waals surface area contributed by atoms with E-state index in [2.05, 4.69) is 5.32 Å². The van der Waals surface area contributed by atoms with Crippen LogP contribution in [0.25, 0.3) is 0 Å². The molecular formula is C16H21ClN2O2. The summed E-state index contributed by atoms with van der Waals surface area (Å²) in [5, 5.41) is 3.54. The summed E-state index contributed by atoms with van der Waals surface area (Å²) >= 11 is 5.83. The third-order valence-electron chi connectivity index (χ3n) is 4.01. The van der Waals surface area contributed by atoms with Crippen molar-refractivity contribution in [2.24, 2.45) is 5.41 Å². The Kier molecular flexibility index (Phi) is 4.88. The fourth-order valence-electron chi connectivity index (χ4n) is 2.43. The van der Waals surface area contributed by atoms with E-state index in [4.69, 9.17) is 11.6 Å². The van der Waals surface area contributed by atoms with E-state index in [9.17, 15) is 9.59 Å².